The van der Waals surface area contributed by atoms with E-state index >= 15 is 0 Å². The highest BCUT2D eigenvalue weighted by atomic mass is 16.5. The summed E-state index contributed by atoms with van der Waals surface area (Å²) < 4.78 is 10.3. The Hall–Kier alpha value is -1.75. The van der Waals surface area contributed by atoms with Crippen molar-refractivity contribution in [2.45, 2.75) is 12.3 Å². The molecule has 3 N–H and O–H groups in total. The number of hydrogen-bond donors (Lipinski definition) is 2. The van der Waals surface area contributed by atoms with Gasteiger partial charge >= 0.3 is 5.97 Å². The van der Waals surface area contributed by atoms with Crippen LogP contribution in [0.5, 0.6) is 11.5 Å². The Morgan fingerprint density at radius 2 is 2.12 bits per heavy atom. The maximum absolute atomic E-state index is 10.7. The second-order valence-corrected chi connectivity index (χ2v) is 3.64. The molecule has 1 aromatic carbocycles. The fraction of sp³-hybridized carbons (Fsp3) is 0.417. The number of hydrogen-bond acceptors (Lipinski definition) is 4. The number of aliphatic carboxylic acids is 1. The molecular formula is C12H17NO4. The second kappa shape index (κ2) is 6.10. The lowest BCUT2D eigenvalue weighted by Gasteiger charge is -2.17. The van der Waals surface area contributed by atoms with Crippen LogP contribution in [-0.4, -0.2) is 31.8 Å². The molecule has 0 radical (unpaired) electrons. The van der Waals surface area contributed by atoms with Gasteiger partial charge in [-0.05, 0) is 18.2 Å². The van der Waals surface area contributed by atoms with Crippen molar-refractivity contribution in [3.63, 3.8) is 0 Å². The largest absolute Gasteiger partial charge is 0.497 e. The first-order chi connectivity index (χ1) is 8.12. The van der Waals surface area contributed by atoms with Gasteiger partial charge in [-0.2, -0.15) is 0 Å². The topological polar surface area (TPSA) is 81.8 Å². The van der Waals surface area contributed by atoms with Crippen molar-refractivity contribution >= 4 is 5.97 Å². The van der Waals surface area contributed by atoms with Crippen LogP contribution in [0.2, 0.25) is 0 Å². The van der Waals surface area contributed by atoms with E-state index in [1.54, 1.807) is 25.3 Å². The van der Waals surface area contributed by atoms with Crippen molar-refractivity contribution in [3.05, 3.63) is 23.8 Å². The van der Waals surface area contributed by atoms with E-state index in [1.165, 1.54) is 7.11 Å². The highest BCUT2D eigenvalue weighted by molar-refractivity contribution is 5.68. The van der Waals surface area contributed by atoms with Gasteiger partial charge < -0.3 is 20.3 Å². The normalized spacial score (nSPS) is 11.9. The molecule has 0 saturated carbocycles. The molecule has 0 amide bonds. The van der Waals surface area contributed by atoms with Crippen LogP contribution in [0.15, 0.2) is 18.2 Å². The lowest BCUT2D eigenvalue weighted by molar-refractivity contribution is -0.137. The van der Waals surface area contributed by atoms with Crippen LogP contribution < -0.4 is 15.2 Å². The van der Waals surface area contributed by atoms with Crippen LogP contribution in [0.25, 0.3) is 0 Å². The van der Waals surface area contributed by atoms with E-state index in [4.69, 9.17) is 20.3 Å². The first-order valence-electron chi connectivity index (χ1n) is 5.26. The van der Waals surface area contributed by atoms with Crippen molar-refractivity contribution in [2.75, 3.05) is 20.8 Å². The average Bonchev–Trinajstić information content (AvgIpc) is 2.35. The number of carboxylic acids is 1. The Kier molecular flexibility index (Phi) is 4.78. The second-order valence-electron chi connectivity index (χ2n) is 3.64. The zero-order chi connectivity index (χ0) is 12.8. The molecule has 1 unspecified atom stereocenters. The van der Waals surface area contributed by atoms with E-state index in [9.17, 15) is 4.79 Å². The van der Waals surface area contributed by atoms with E-state index in [0.717, 1.165) is 5.56 Å². The van der Waals surface area contributed by atoms with Crippen LogP contribution in [0.3, 0.4) is 0 Å². The summed E-state index contributed by atoms with van der Waals surface area (Å²) in [6.45, 7) is 0.259. The lowest BCUT2D eigenvalue weighted by atomic mass is 9.95. The number of methoxy groups -OCH3 is 2. The van der Waals surface area contributed by atoms with Gasteiger partial charge in [0.2, 0.25) is 0 Å². The molecule has 5 nitrogen and oxygen atoms in total. The van der Waals surface area contributed by atoms with Crippen LogP contribution in [0, 0.1) is 0 Å². The van der Waals surface area contributed by atoms with Crippen LogP contribution in [0.1, 0.15) is 17.9 Å². The average molecular weight is 239 g/mol. The SMILES string of the molecule is COc1ccc(C(CN)CC(=O)O)c(OC)c1. The van der Waals surface area contributed by atoms with E-state index in [0.29, 0.717) is 11.5 Å². The summed E-state index contributed by atoms with van der Waals surface area (Å²) in [4.78, 5) is 10.7. The lowest BCUT2D eigenvalue weighted by Crippen LogP contribution is -2.17. The molecule has 0 aromatic heterocycles. The number of rotatable bonds is 6. The van der Waals surface area contributed by atoms with Gasteiger partial charge in [-0.1, -0.05) is 6.07 Å². The minimum Gasteiger partial charge on any atom is -0.497 e. The molecule has 0 bridgehead atoms. The molecule has 0 aliphatic carbocycles. The molecule has 0 heterocycles. The van der Waals surface area contributed by atoms with Crippen LogP contribution >= 0.6 is 0 Å². The highest BCUT2D eigenvalue weighted by Crippen LogP contribution is 2.31. The van der Waals surface area contributed by atoms with Gasteiger partial charge in [0.25, 0.3) is 0 Å². The third-order valence-corrected chi connectivity index (χ3v) is 2.59. The molecule has 0 fully saturated rings. The highest BCUT2D eigenvalue weighted by Gasteiger charge is 2.18. The predicted octanol–water partition coefficient (Wildman–Crippen LogP) is 1.22. The Labute approximate surface area is 100 Å². The van der Waals surface area contributed by atoms with E-state index in [1.807, 2.05) is 0 Å². The predicted molar refractivity (Wildman–Crippen MR) is 63.6 cm³/mol. The first kappa shape index (κ1) is 13.3. The quantitative estimate of drug-likeness (QED) is 0.780. The number of carboxylic acid groups (broad SMARTS) is 1. The van der Waals surface area contributed by atoms with Crippen molar-refractivity contribution in [2.24, 2.45) is 5.73 Å². The molecule has 1 rings (SSSR count). The van der Waals surface area contributed by atoms with Gasteiger partial charge in [-0.25, -0.2) is 0 Å². The molecule has 0 saturated heterocycles. The van der Waals surface area contributed by atoms with E-state index in [2.05, 4.69) is 0 Å². The number of nitrogens with two attached hydrogens (primary N) is 1. The summed E-state index contributed by atoms with van der Waals surface area (Å²) in [6, 6.07) is 5.28. The third kappa shape index (κ3) is 3.35. The monoisotopic (exact) mass is 239 g/mol. The number of benzene rings is 1. The maximum atomic E-state index is 10.7. The van der Waals surface area contributed by atoms with Crippen molar-refractivity contribution in [1.82, 2.24) is 0 Å². The van der Waals surface area contributed by atoms with E-state index < -0.39 is 5.97 Å². The minimum absolute atomic E-state index is 0.0147. The Balaban J connectivity index is 3.05. The molecule has 0 aliphatic rings. The van der Waals surface area contributed by atoms with Crippen LogP contribution in [0.4, 0.5) is 0 Å². The smallest absolute Gasteiger partial charge is 0.304 e. The van der Waals surface area contributed by atoms with Crippen molar-refractivity contribution in [1.29, 1.82) is 0 Å². The van der Waals surface area contributed by atoms with Gasteiger partial charge in [-0.15, -0.1) is 0 Å². The van der Waals surface area contributed by atoms with Gasteiger partial charge in [0.1, 0.15) is 11.5 Å². The Morgan fingerprint density at radius 3 is 2.59 bits per heavy atom. The minimum atomic E-state index is -0.877. The zero-order valence-corrected chi connectivity index (χ0v) is 9.97. The summed E-state index contributed by atoms with van der Waals surface area (Å²) in [5.74, 6) is 0.129. The van der Waals surface area contributed by atoms with Crippen LogP contribution in [-0.2, 0) is 4.79 Å². The molecular weight excluding hydrogens is 222 g/mol. The molecule has 5 heteroatoms. The maximum Gasteiger partial charge on any atom is 0.304 e. The summed E-state index contributed by atoms with van der Waals surface area (Å²) in [5.41, 5.74) is 6.39. The third-order valence-electron chi connectivity index (χ3n) is 2.59. The summed E-state index contributed by atoms with van der Waals surface area (Å²) >= 11 is 0. The molecule has 1 atom stereocenters. The molecule has 0 spiro atoms. The van der Waals surface area contributed by atoms with Gasteiger partial charge in [0.05, 0.1) is 20.6 Å². The summed E-state index contributed by atoms with van der Waals surface area (Å²) in [7, 11) is 3.10. The van der Waals surface area contributed by atoms with Gasteiger partial charge in [0, 0.05) is 12.0 Å². The molecule has 17 heavy (non-hydrogen) atoms. The number of carbonyl (C=O) groups is 1. The zero-order valence-electron chi connectivity index (χ0n) is 9.97. The van der Waals surface area contributed by atoms with Crippen molar-refractivity contribution < 1.29 is 19.4 Å². The van der Waals surface area contributed by atoms with E-state index in [-0.39, 0.29) is 18.9 Å². The van der Waals surface area contributed by atoms with Gasteiger partial charge in [-0.3, -0.25) is 4.79 Å². The molecule has 0 aliphatic heterocycles. The first-order valence-corrected chi connectivity index (χ1v) is 5.26. The summed E-state index contributed by atoms with van der Waals surface area (Å²) in [5, 5.41) is 8.82. The molecule has 94 valence electrons. The standard InChI is InChI=1S/C12H17NO4/c1-16-9-3-4-10(11(6-9)17-2)8(7-13)5-12(14)15/h3-4,6,8H,5,7,13H2,1-2H3,(H,14,15). The Morgan fingerprint density at radius 1 is 1.41 bits per heavy atom. The van der Waals surface area contributed by atoms with Gasteiger partial charge in [0.15, 0.2) is 0 Å². The fourth-order valence-electron chi connectivity index (χ4n) is 1.69. The number of ether oxygens (including phenoxy) is 2. The molecule has 1 aromatic rings. The summed E-state index contributed by atoms with van der Waals surface area (Å²) in [6.07, 6.45) is -0.0147. The Bertz CT molecular complexity index is 392. The van der Waals surface area contributed by atoms with Crippen molar-refractivity contribution in [3.8, 4) is 11.5 Å². The fourth-order valence-corrected chi connectivity index (χ4v) is 1.69.